The summed E-state index contributed by atoms with van der Waals surface area (Å²) in [4.78, 5) is 19.4. The first-order valence-electron chi connectivity index (χ1n) is 11.1. The molecule has 1 heterocycles. The van der Waals surface area contributed by atoms with Gasteiger partial charge >= 0.3 is 0 Å². The van der Waals surface area contributed by atoms with E-state index in [9.17, 15) is 4.79 Å². The summed E-state index contributed by atoms with van der Waals surface area (Å²) >= 11 is 0. The van der Waals surface area contributed by atoms with Crippen LogP contribution in [0.2, 0.25) is 0 Å². The molecular formula is C23H36N4O2. The van der Waals surface area contributed by atoms with Crippen molar-refractivity contribution in [3.05, 3.63) is 29.8 Å². The Labute approximate surface area is 175 Å². The molecule has 0 atom stereocenters. The number of para-hydroxylation sites is 1. The molecule has 1 aromatic rings. The standard InChI is InChI=1S/C23H36N4O2/c1-3-24-22(26-18-23(14-16-29-2)12-6-7-13-23)25-17-21(28)27-15-8-10-19-9-4-5-11-20(19)27/h4-5,9,11H,3,6-8,10,12-18H2,1-2H3,(H2,24,25,26). The van der Waals surface area contributed by atoms with Crippen LogP contribution in [0.5, 0.6) is 0 Å². The van der Waals surface area contributed by atoms with Gasteiger partial charge in [0.15, 0.2) is 5.96 Å². The van der Waals surface area contributed by atoms with Crippen molar-refractivity contribution in [2.45, 2.75) is 51.9 Å². The number of amides is 1. The lowest BCUT2D eigenvalue weighted by Gasteiger charge is -2.30. The number of nitrogens with one attached hydrogen (secondary N) is 2. The zero-order valence-electron chi connectivity index (χ0n) is 18.0. The Morgan fingerprint density at radius 1 is 1.21 bits per heavy atom. The Morgan fingerprint density at radius 2 is 2.00 bits per heavy atom. The quantitative estimate of drug-likeness (QED) is 0.520. The van der Waals surface area contributed by atoms with Gasteiger partial charge in [0.1, 0.15) is 6.54 Å². The molecule has 1 aliphatic carbocycles. The number of fused-ring (bicyclic) bond motifs is 1. The van der Waals surface area contributed by atoms with Gasteiger partial charge in [-0.05, 0) is 56.1 Å². The number of aliphatic imine (C=N–C) groups is 1. The number of rotatable bonds is 8. The number of benzene rings is 1. The maximum absolute atomic E-state index is 12.9. The number of hydrogen-bond acceptors (Lipinski definition) is 3. The van der Waals surface area contributed by atoms with Crippen LogP contribution < -0.4 is 15.5 Å². The van der Waals surface area contributed by atoms with E-state index < -0.39 is 0 Å². The molecule has 0 radical (unpaired) electrons. The van der Waals surface area contributed by atoms with Crippen molar-refractivity contribution in [3.63, 3.8) is 0 Å². The molecule has 29 heavy (non-hydrogen) atoms. The molecule has 0 aromatic heterocycles. The van der Waals surface area contributed by atoms with Gasteiger partial charge in [0, 0.05) is 39.0 Å². The fraction of sp³-hybridized carbons (Fsp3) is 0.652. The second-order valence-corrected chi connectivity index (χ2v) is 8.28. The van der Waals surface area contributed by atoms with Crippen molar-refractivity contribution in [1.29, 1.82) is 0 Å². The lowest BCUT2D eigenvalue weighted by molar-refractivity contribution is -0.117. The van der Waals surface area contributed by atoms with Crippen molar-refractivity contribution in [3.8, 4) is 0 Å². The molecule has 2 aliphatic rings. The predicted octanol–water partition coefficient (Wildman–Crippen LogP) is 3.12. The van der Waals surface area contributed by atoms with E-state index in [0.717, 1.165) is 57.2 Å². The fourth-order valence-corrected chi connectivity index (χ4v) is 4.60. The molecule has 6 nitrogen and oxygen atoms in total. The highest BCUT2D eigenvalue weighted by atomic mass is 16.5. The van der Waals surface area contributed by atoms with Gasteiger partial charge in [-0.1, -0.05) is 31.0 Å². The molecule has 6 heteroatoms. The van der Waals surface area contributed by atoms with Gasteiger partial charge in [-0.15, -0.1) is 0 Å². The van der Waals surface area contributed by atoms with E-state index in [1.807, 2.05) is 23.1 Å². The number of ether oxygens (including phenoxy) is 1. The second kappa shape index (κ2) is 10.6. The number of methoxy groups -OCH3 is 1. The van der Waals surface area contributed by atoms with Crippen LogP contribution in [0.4, 0.5) is 5.69 Å². The smallest absolute Gasteiger partial charge is 0.248 e. The Balaban J connectivity index is 1.61. The molecule has 1 aliphatic heterocycles. The first kappa shape index (κ1) is 21.6. The molecule has 0 saturated heterocycles. The average molecular weight is 401 g/mol. The summed E-state index contributed by atoms with van der Waals surface area (Å²) in [6.45, 7) is 5.43. The summed E-state index contributed by atoms with van der Waals surface area (Å²) in [5, 5.41) is 6.80. The van der Waals surface area contributed by atoms with Crippen LogP contribution >= 0.6 is 0 Å². The van der Waals surface area contributed by atoms with E-state index in [1.165, 1.54) is 31.2 Å². The minimum Gasteiger partial charge on any atom is -0.385 e. The van der Waals surface area contributed by atoms with Crippen LogP contribution in [0.15, 0.2) is 29.3 Å². The Morgan fingerprint density at radius 3 is 2.76 bits per heavy atom. The average Bonchev–Trinajstić information content (AvgIpc) is 3.22. The molecule has 0 unspecified atom stereocenters. The lowest BCUT2D eigenvalue weighted by Crippen LogP contribution is -2.44. The minimum atomic E-state index is 0.0596. The molecule has 1 fully saturated rings. The molecule has 1 saturated carbocycles. The molecule has 160 valence electrons. The zero-order chi connectivity index (χ0) is 20.5. The molecule has 0 bridgehead atoms. The van der Waals surface area contributed by atoms with Crippen LogP contribution in [0, 0.1) is 5.41 Å². The van der Waals surface area contributed by atoms with Gasteiger partial charge in [0.05, 0.1) is 0 Å². The summed E-state index contributed by atoms with van der Waals surface area (Å²) in [5.74, 6) is 0.791. The molecule has 1 aromatic carbocycles. The predicted molar refractivity (Wildman–Crippen MR) is 118 cm³/mol. The number of guanidine groups is 1. The molecule has 2 N–H and O–H groups in total. The Hall–Kier alpha value is -2.08. The first-order valence-corrected chi connectivity index (χ1v) is 11.1. The highest BCUT2D eigenvalue weighted by molar-refractivity contribution is 5.97. The van der Waals surface area contributed by atoms with Gasteiger partial charge in [-0.2, -0.15) is 0 Å². The summed E-state index contributed by atoms with van der Waals surface area (Å²) in [6, 6.07) is 8.20. The molecule has 0 spiro atoms. The summed E-state index contributed by atoms with van der Waals surface area (Å²) in [7, 11) is 1.77. The number of carbonyl (C=O) groups is 1. The Kier molecular flexibility index (Phi) is 7.92. The third-order valence-electron chi connectivity index (χ3n) is 6.26. The van der Waals surface area contributed by atoms with E-state index in [1.54, 1.807) is 7.11 Å². The third-order valence-corrected chi connectivity index (χ3v) is 6.26. The van der Waals surface area contributed by atoms with Crippen molar-refractivity contribution < 1.29 is 9.53 Å². The van der Waals surface area contributed by atoms with Gasteiger partial charge in [0.2, 0.25) is 5.91 Å². The van der Waals surface area contributed by atoms with Crippen LogP contribution in [0.25, 0.3) is 0 Å². The number of aryl methyl sites for hydroxylation is 1. The zero-order valence-corrected chi connectivity index (χ0v) is 18.0. The minimum absolute atomic E-state index is 0.0596. The lowest BCUT2D eigenvalue weighted by atomic mass is 9.83. The second-order valence-electron chi connectivity index (χ2n) is 8.28. The highest BCUT2D eigenvalue weighted by Crippen LogP contribution is 2.40. The SMILES string of the molecule is CCNC(=NCC(=O)N1CCCc2ccccc21)NCC1(CCOC)CCCC1. The summed E-state index contributed by atoms with van der Waals surface area (Å²) in [5.41, 5.74) is 2.57. The Bertz CT molecular complexity index is 698. The maximum Gasteiger partial charge on any atom is 0.248 e. The van der Waals surface area contributed by atoms with Crippen molar-refractivity contribution in [2.75, 3.05) is 44.8 Å². The van der Waals surface area contributed by atoms with Crippen LogP contribution in [-0.4, -0.2) is 51.8 Å². The van der Waals surface area contributed by atoms with Crippen molar-refractivity contribution in [2.24, 2.45) is 10.4 Å². The van der Waals surface area contributed by atoms with Gasteiger partial charge in [0.25, 0.3) is 0 Å². The van der Waals surface area contributed by atoms with E-state index in [4.69, 9.17) is 4.74 Å². The number of nitrogens with zero attached hydrogens (tertiary/aromatic N) is 2. The summed E-state index contributed by atoms with van der Waals surface area (Å²) in [6.07, 6.45) is 8.14. The van der Waals surface area contributed by atoms with E-state index >= 15 is 0 Å². The van der Waals surface area contributed by atoms with E-state index in [-0.39, 0.29) is 17.9 Å². The van der Waals surface area contributed by atoms with Crippen LogP contribution in [0.3, 0.4) is 0 Å². The number of hydrogen-bond donors (Lipinski definition) is 2. The van der Waals surface area contributed by atoms with E-state index in [2.05, 4.69) is 28.6 Å². The first-order chi connectivity index (χ1) is 14.2. The molecular weight excluding hydrogens is 364 g/mol. The number of carbonyl (C=O) groups excluding carboxylic acids is 1. The van der Waals surface area contributed by atoms with Crippen molar-refractivity contribution >= 4 is 17.6 Å². The van der Waals surface area contributed by atoms with Gasteiger partial charge in [-0.25, -0.2) is 4.99 Å². The largest absolute Gasteiger partial charge is 0.385 e. The summed E-state index contributed by atoms with van der Waals surface area (Å²) < 4.78 is 5.33. The maximum atomic E-state index is 12.9. The van der Waals surface area contributed by atoms with Crippen LogP contribution in [0.1, 0.15) is 51.0 Å². The van der Waals surface area contributed by atoms with Crippen molar-refractivity contribution in [1.82, 2.24) is 10.6 Å². The molecule has 3 rings (SSSR count). The normalized spacial score (nSPS) is 18.4. The van der Waals surface area contributed by atoms with Crippen LogP contribution in [-0.2, 0) is 16.0 Å². The number of anilines is 1. The molecule has 1 amide bonds. The van der Waals surface area contributed by atoms with E-state index in [0.29, 0.717) is 0 Å². The van der Waals surface area contributed by atoms with Gasteiger partial charge in [-0.3, -0.25) is 4.79 Å². The fourth-order valence-electron chi connectivity index (χ4n) is 4.60. The monoisotopic (exact) mass is 400 g/mol. The highest BCUT2D eigenvalue weighted by Gasteiger charge is 2.33. The van der Waals surface area contributed by atoms with Gasteiger partial charge < -0.3 is 20.3 Å². The third kappa shape index (κ3) is 5.72. The topological polar surface area (TPSA) is 66.0 Å².